The molecule has 3 N–H and O–H groups in total. The van der Waals surface area contributed by atoms with Gasteiger partial charge in [-0.25, -0.2) is 0 Å². The molecule has 1 atom stereocenters. The summed E-state index contributed by atoms with van der Waals surface area (Å²) in [5.74, 6) is 0.427. The van der Waals surface area contributed by atoms with Gasteiger partial charge in [-0.15, -0.1) is 11.3 Å². The molecule has 2 rings (SSSR count). The van der Waals surface area contributed by atoms with E-state index in [-0.39, 0.29) is 5.91 Å². The number of carbonyl (C=O) groups excluding carboxylic acids is 1. The maximum Gasteiger partial charge on any atom is 0.224 e. The summed E-state index contributed by atoms with van der Waals surface area (Å²) in [4.78, 5) is 11.9. The Morgan fingerprint density at radius 2 is 2.19 bits per heavy atom. The quantitative estimate of drug-likeness (QED) is 0.802. The van der Waals surface area contributed by atoms with Gasteiger partial charge in [-0.1, -0.05) is 12.1 Å². The van der Waals surface area contributed by atoms with E-state index in [2.05, 4.69) is 5.32 Å². The minimum atomic E-state index is -1.00. The van der Waals surface area contributed by atoms with Crippen molar-refractivity contribution in [3.05, 3.63) is 41.3 Å². The Labute approximate surface area is 130 Å². The highest BCUT2D eigenvalue weighted by atomic mass is 32.2. The average molecular weight is 322 g/mol. The minimum absolute atomic E-state index is 0.0770. The lowest BCUT2D eigenvalue weighted by atomic mass is 10.1. The summed E-state index contributed by atoms with van der Waals surface area (Å²) in [5.41, 5.74) is 8.03. The van der Waals surface area contributed by atoms with Crippen LogP contribution >= 0.6 is 11.3 Å². The van der Waals surface area contributed by atoms with Crippen LogP contribution in [0.3, 0.4) is 0 Å². The van der Waals surface area contributed by atoms with Gasteiger partial charge in [-0.05, 0) is 42.5 Å². The van der Waals surface area contributed by atoms with Gasteiger partial charge in [0.05, 0.1) is 15.0 Å². The van der Waals surface area contributed by atoms with Crippen LogP contribution in [0.15, 0.2) is 39.9 Å². The number of rotatable bonds is 6. The molecule has 1 aromatic carbocycles. The second-order valence-corrected chi connectivity index (χ2v) is 7.45. The summed E-state index contributed by atoms with van der Waals surface area (Å²) in [6.45, 7) is 1.92. The lowest BCUT2D eigenvalue weighted by Crippen LogP contribution is -2.13. The molecule has 0 aliphatic rings. The molecule has 0 aliphatic carbocycles. The Morgan fingerprint density at radius 1 is 1.38 bits per heavy atom. The first kappa shape index (κ1) is 15.7. The number of amides is 1. The van der Waals surface area contributed by atoms with Crippen molar-refractivity contribution in [3.8, 4) is 0 Å². The van der Waals surface area contributed by atoms with Gasteiger partial charge in [0.25, 0.3) is 0 Å². The van der Waals surface area contributed by atoms with Crippen molar-refractivity contribution in [3.63, 3.8) is 0 Å². The number of nitrogen functional groups attached to an aromatic ring is 1. The lowest BCUT2D eigenvalue weighted by molar-refractivity contribution is -0.116. The summed E-state index contributed by atoms with van der Waals surface area (Å²) in [5, 5.41) is 4.75. The van der Waals surface area contributed by atoms with Crippen LogP contribution in [0.2, 0.25) is 0 Å². The van der Waals surface area contributed by atoms with E-state index in [0.717, 1.165) is 15.5 Å². The Bertz CT molecular complexity index is 639. The summed E-state index contributed by atoms with van der Waals surface area (Å²) < 4.78 is 12.8. The zero-order chi connectivity index (χ0) is 15.2. The molecule has 112 valence electrons. The largest absolute Gasteiger partial charge is 0.399 e. The number of benzene rings is 1. The molecule has 2 aromatic rings. The number of hydrogen-bond acceptors (Lipinski definition) is 4. The van der Waals surface area contributed by atoms with Gasteiger partial charge >= 0.3 is 0 Å². The van der Waals surface area contributed by atoms with Crippen molar-refractivity contribution in [1.29, 1.82) is 0 Å². The maximum atomic E-state index is 11.9. The van der Waals surface area contributed by atoms with Crippen LogP contribution in [0.1, 0.15) is 18.4 Å². The third kappa shape index (κ3) is 4.68. The molecule has 0 aliphatic heterocycles. The van der Waals surface area contributed by atoms with Crippen molar-refractivity contribution in [2.45, 2.75) is 24.0 Å². The van der Waals surface area contributed by atoms with Gasteiger partial charge in [-0.3, -0.25) is 9.00 Å². The zero-order valence-corrected chi connectivity index (χ0v) is 13.4. The summed E-state index contributed by atoms with van der Waals surface area (Å²) in [6.07, 6.45) is 0.947. The third-order valence-corrected chi connectivity index (χ3v) is 5.74. The number of nitrogens with two attached hydrogens (primary N) is 1. The van der Waals surface area contributed by atoms with E-state index in [9.17, 15) is 9.00 Å². The standard InChI is InChI=1S/C15H18N2O2S2/c1-11-6-7-12(16)10-13(11)17-14(18)4-3-9-21(19)15-5-2-8-20-15/h2,5-8,10H,3-4,9,16H2,1H3,(H,17,18). The highest BCUT2D eigenvalue weighted by Crippen LogP contribution is 2.19. The number of carbonyl (C=O) groups is 1. The number of thiophene rings is 1. The Morgan fingerprint density at radius 3 is 2.90 bits per heavy atom. The van der Waals surface area contributed by atoms with E-state index in [1.54, 1.807) is 12.1 Å². The fourth-order valence-corrected chi connectivity index (χ4v) is 3.98. The lowest BCUT2D eigenvalue weighted by Gasteiger charge is -2.09. The topological polar surface area (TPSA) is 72.2 Å². The maximum absolute atomic E-state index is 11.9. The number of nitrogens with one attached hydrogen (secondary N) is 1. The van der Waals surface area contributed by atoms with Crippen molar-refractivity contribution in [1.82, 2.24) is 0 Å². The van der Waals surface area contributed by atoms with Crippen LogP contribution in [0.25, 0.3) is 0 Å². The van der Waals surface area contributed by atoms with E-state index < -0.39 is 10.8 Å². The summed E-state index contributed by atoms with van der Waals surface area (Å²) in [7, 11) is -1.00. The van der Waals surface area contributed by atoms with Gasteiger partial charge in [0.1, 0.15) is 0 Å². The predicted octanol–water partition coefficient (Wildman–Crippen LogP) is 3.17. The number of aryl methyl sites for hydroxylation is 1. The van der Waals surface area contributed by atoms with Gasteiger partial charge in [-0.2, -0.15) is 0 Å². The van der Waals surface area contributed by atoms with Crippen molar-refractivity contribution in [2.24, 2.45) is 0 Å². The summed E-state index contributed by atoms with van der Waals surface area (Å²) >= 11 is 1.48. The Kier molecular flexibility index (Phi) is 5.52. The van der Waals surface area contributed by atoms with Gasteiger partial charge in [0.15, 0.2) is 0 Å². The molecule has 1 heterocycles. The van der Waals surface area contributed by atoms with Crippen LogP contribution in [0.5, 0.6) is 0 Å². The first-order valence-electron chi connectivity index (χ1n) is 6.64. The molecule has 21 heavy (non-hydrogen) atoms. The molecular formula is C15H18N2O2S2. The van der Waals surface area contributed by atoms with Crippen molar-refractivity contribution >= 4 is 39.4 Å². The monoisotopic (exact) mass is 322 g/mol. The molecule has 6 heteroatoms. The van der Waals surface area contributed by atoms with E-state index in [1.165, 1.54) is 11.3 Å². The molecule has 0 radical (unpaired) electrons. The minimum Gasteiger partial charge on any atom is -0.399 e. The van der Waals surface area contributed by atoms with E-state index in [1.807, 2.05) is 30.5 Å². The fourth-order valence-electron chi connectivity index (χ4n) is 1.84. The molecular weight excluding hydrogens is 304 g/mol. The molecule has 0 spiro atoms. The molecule has 0 fully saturated rings. The van der Waals surface area contributed by atoms with Gasteiger partial charge in [0, 0.05) is 23.5 Å². The second kappa shape index (κ2) is 7.38. The number of anilines is 2. The van der Waals surface area contributed by atoms with E-state index >= 15 is 0 Å². The molecule has 4 nitrogen and oxygen atoms in total. The van der Waals surface area contributed by atoms with Crippen LogP contribution in [-0.2, 0) is 15.6 Å². The predicted molar refractivity (Wildman–Crippen MR) is 89.0 cm³/mol. The Hall–Kier alpha value is -1.66. The molecule has 1 amide bonds. The van der Waals surface area contributed by atoms with Crippen LogP contribution in [0, 0.1) is 6.92 Å². The first-order valence-corrected chi connectivity index (χ1v) is 8.84. The van der Waals surface area contributed by atoms with Gasteiger partial charge in [0.2, 0.25) is 5.91 Å². The first-order chi connectivity index (χ1) is 10.1. The Balaban J connectivity index is 1.80. The smallest absolute Gasteiger partial charge is 0.224 e. The summed E-state index contributed by atoms with van der Waals surface area (Å²) in [6, 6.07) is 9.16. The highest BCUT2D eigenvalue weighted by molar-refractivity contribution is 7.87. The highest BCUT2D eigenvalue weighted by Gasteiger charge is 2.08. The fraction of sp³-hybridized carbons (Fsp3) is 0.267. The van der Waals surface area contributed by atoms with Crippen LogP contribution in [-0.4, -0.2) is 15.9 Å². The van der Waals surface area contributed by atoms with Crippen LogP contribution in [0.4, 0.5) is 11.4 Å². The normalized spacial score (nSPS) is 12.0. The van der Waals surface area contributed by atoms with E-state index in [4.69, 9.17) is 5.73 Å². The average Bonchev–Trinajstić information content (AvgIpc) is 2.97. The molecule has 1 unspecified atom stereocenters. The number of hydrogen-bond donors (Lipinski definition) is 2. The molecule has 1 aromatic heterocycles. The van der Waals surface area contributed by atoms with Crippen molar-refractivity contribution < 1.29 is 9.00 Å². The molecule has 0 saturated heterocycles. The second-order valence-electron chi connectivity index (χ2n) is 4.71. The molecule has 0 saturated carbocycles. The van der Waals surface area contributed by atoms with Crippen molar-refractivity contribution in [2.75, 3.05) is 16.8 Å². The zero-order valence-electron chi connectivity index (χ0n) is 11.8. The van der Waals surface area contributed by atoms with E-state index in [0.29, 0.717) is 24.3 Å². The van der Waals surface area contributed by atoms with Gasteiger partial charge < -0.3 is 11.1 Å². The third-order valence-electron chi connectivity index (χ3n) is 2.99. The SMILES string of the molecule is Cc1ccc(N)cc1NC(=O)CCCS(=O)c1cccs1. The molecule has 0 bridgehead atoms. The van der Waals surface area contributed by atoms with Crippen LogP contribution < -0.4 is 11.1 Å².